The van der Waals surface area contributed by atoms with Gasteiger partial charge in [-0.1, -0.05) is 30.3 Å². The third kappa shape index (κ3) is 2.29. The van der Waals surface area contributed by atoms with Crippen LogP contribution in [-0.2, 0) is 0 Å². The maximum Gasteiger partial charge on any atom is 0.292 e. The Hall–Kier alpha value is -2.27. The van der Waals surface area contributed by atoms with Crippen molar-refractivity contribution in [2.45, 2.75) is 13.8 Å². The topological polar surface area (TPSA) is 33.0 Å². The minimum atomic E-state index is 0.571. The van der Waals surface area contributed by atoms with Crippen LogP contribution in [0.1, 0.15) is 11.1 Å². The average molecular weight is 223 g/mol. The van der Waals surface area contributed by atoms with Gasteiger partial charge in [-0.15, -0.1) is 5.26 Å². The Morgan fingerprint density at radius 3 is 2.35 bits per heavy atom. The quantitative estimate of drug-likeness (QED) is 0.725. The number of hydrogen-bond donors (Lipinski definition) is 0. The molecule has 0 aliphatic carbocycles. The highest BCUT2D eigenvalue weighted by atomic mass is 16.5. The highest BCUT2D eigenvalue weighted by Crippen LogP contribution is 2.26. The number of nitriles is 1. The molecule has 0 saturated carbocycles. The molecule has 0 atom stereocenters. The van der Waals surface area contributed by atoms with E-state index in [9.17, 15) is 0 Å². The van der Waals surface area contributed by atoms with E-state index in [0.717, 1.165) is 5.56 Å². The summed E-state index contributed by atoms with van der Waals surface area (Å²) in [5.74, 6) is 0.571. The molecule has 0 aliphatic rings. The smallest absolute Gasteiger partial charge is 0.292 e. The van der Waals surface area contributed by atoms with Crippen LogP contribution < -0.4 is 4.74 Å². The third-order valence-corrected chi connectivity index (χ3v) is 2.93. The van der Waals surface area contributed by atoms with Gasteiger partial charge in [0, 0.05) is 0 Å². The van der Waals surface area contributed by atoms with Crippen LogP contribution in [0.5, 0.6) is 5.75 Å². The molecule has 0 radical (unpaired) electrons. The van der Waals surface area contributed by atoms with Gasteiger partial charge < -0.3 is 4.74 Å². The summed E-state index contributed by atoms with van der Waals surface area (Å²) in [6.07, 6.45) is 1.66. The summed E-state index contributed by atoms with van der Waals surface area (Å²) in [5, 5.41) is 8.41. The minimum Gasteiger partial charge on any atom is -0.388 e. The highest BCUT2D eigenvalue weighted by molar-refractivity contribution is 5.68. The first kappa shape index (κ1) is 11.2. The standard InChI is InChI=1S/C15H13NO/c1-11-4-3-5-15(12(11)2)13-6-8-14(9-7-13)17-10-16/h3-9H,1-2H3. The zero-order valence-electron chi connectivity index (χ0n) is 9.90. The van der Waals surface area contributed by atoms with Crippen LogP contribution in [0.25, 0.3) is 11.1 Å². The van der Waals surface area contributed by atoms with Crippen LogP contribution >= 0.6 is 0 Å². The van der Waals surface area contributed by atoms with Crippen LogP contribution in [0.2, 0.25) is 0 Å². The van der Waals surface area contributed by atoms with Crippen LogP contribution in [0.15, 0.2) is 42.5 Å². The lowest BCUT2D eigenvalue weighted by molar-refractivity contribution is 0.507. The van der Waals surface area contributed by atoms with Gasteiger partial charge in [0.2, 0.25) is 0 Å². The molecule has 2 rings (SSSR count). The Kier molecular flexibility index (Phi) is 3.11. The van der Waals surface area contributed by atoms with E-state index in [-0.39, 0.29) is 0 Å². The van der Waals surface area contributed by atoms with Crippen LogP contribution in [0.4, 0.5) is 0 Å². The van der Waals surface area contributed by atoms with Gasteiger partial charge in [0.25, 0.3) is 6.26 Å². The lowest BCUT2D eigenvalue weighted by Gasteiger charge is -2.08. The molecule has 0 aliphatic heterocycles. The van der Waals surface area contributed by atoms with Crippen molar-refractivity contribution in [1.29, 1.82) is 5.26 Å². The Morgan fingerprint density at radius 2 is 1.71 bits per heavy atom. The number of hydrogen-bond acceptors (Lipinski definition) is 2. The predicted molar refractivity (Wildman–Crippen MR) is 67.6 cm³/mol. The second-order valence-electron chi connectivity index (χ2n) is 3.97. The summed E-state index contributed by atoms with van der Waals surface area (Å²) in [6.45, 7) is 4.22. The third-order valence-electron chi connectivity index (χ3n) is 2.93. The molecule has 0 amide bonds. The van der Waals surface area contributed by atoms with Gasteiger partial charge in [0.1, 0.15) is 5.75 Å². The molecule has 0 N–H and O–H groups in total. The summed E-state index contributed by atoms with van der Waals surface area (Å²) >= 11 is 0. The van der Waals surface area contributed by atoms with Gasteiger partial charge in [-0.25, -0.2) is 0 Å². The summed E-state index contributed by atoms with van der Waals surface area (Å²) in [4.78, 5) is 0. The molecular formula is C15H13NO. The Balaban J connectivity index is 2.41. The SMILES string of the molecule is Cc1cccc(-c2ccc(OC#N)cc2)c1C. The van der Waals surface area contributed by atoms with Crippen molar-refractivity contribution in [3.63, 3.8) is 0 Å². The van der Waals surface area contributed by atoms with Gasteiger partial charge in [-0.3, -0.25) is 0 Å². The lowest BCUT2D eigenvalue weighted by Crippen LogP contribution is -1.87. The van der Waals surface area contributed by atoms with Crippen molar-refractivity contribution >= 4 is 0 Å². The molecule has 0 bridgehead atoms. The van der Waals surface area contributed by atoms with Gasteiger partial charge in [-0.05, 0) is 48.2 Å². The summed E-state index contributed by atoms with van der Waals surface area (Å²) in [6, 6.07) is 13.8. The van der Waals surface area contributed by atoms with Crippen molar-refractivity contribution in [2.24, 2.45) is 0 Å². The van der Waals surface area contributed by atoms with Crippen molar-refractivity contribution < 1.29 is 4.74 Å². The largest absolute Gasteiger partial charge is 0.388 e. The highest BCUT2D eigenvalue weighted by Gasteiger charge is 2.03. The summed E-state index contributed by atoms with van der Waals surface area (Å²) < 4.78 is 4.76. The first-order valence-electron chi connectivity index (χ1n) is 5.45. The monoisotopic (exact) mass is 223 g/mol. The molecule has 0 aromatic heterocycles. The zero-order chi connectivity index (χ0) is 12.3. The van der Waals surface area contributed by atoms with Gasteiger partial charge in [0.15, 0.2) is 0 Å². The van der Waals surface area contributed by atoms with E-state index in [2.05, 4.69) is 32.0 Å². The molecule has 84 valence electrons. The van der Waals surface area contributed by atoms with Crippen molar-refractivity contribution in [2.75, 3.05) is 0 Å². The first-order valence-corrected chi connectivity index (χ1v) is 5.45. The molecule has 2 nitrogen and oxygen atoms in total. The second-order valence-corrected chi connectivity index (χ2v) is 3.97. The molecule has 0 saturated heterocycles. The maximum atomic E-state index is 8.41. The first-order chi connectivity index (χ1) is 8.22. The molecule has 2 aromatic carbocycles. The van der Waals surface area contributed by atoms with E-state index in [1.165, 1.54) is 16.7 Å². The molecule has 2 heteroatoms. The number of nitrogens with zero attached hydrogens (tertiary/aromatic N) is 1. The van der Waals surface area contributed by atoms with E-state index in [1.54, 1.807) is 18.4 Å². The number of aryl methyl sites for hydroxylation is 1. The van der Waals surface area contributed by atoms with Gasteiger partial charge in [0.05, 0.1) is 0 Å². The molecule has 2 aromatic rings. The van der Waals surface area contributed by atoms with E-state index < -0.39 is 0 Å². The van der Waals surface area contributed by atoms with Crippen LogP contribution in [0, 0.1) is 25.4 Å². The maximum absolute atomic E-state index is 8.41. The lowest BCUT2D eigenvalue weighted by atomic mass is 9.97. The van der Waals surface area contributed by atoms with E-state index in [1.807, 2.05) is 12.1 Å². The van der Waals surface area contributed by atoms with Gasteiger partial charge in [-0.2, -0.15) is 0 Å². The fourth-order valence-electron chi connectivity index (χ4n) is 1.82. The second kappa shape index (κ2) is 4.71. The summed E-state index contributed by atoms with van der Waals surface area (Å²) in [5.41, 5.74) is 4.91. The fraction of sp³-hybridized carbons (Fsp3) is 0.133. The Labute approximate surface area is 101 Å². The molecule has 0 heterocycles. The van der Waals surface area contributed by atoms with E-state index in [4.69, 9.17) is 10.00 Å². The summed E-state index contributed by atoms with van der Waals surface area (Å²) in [7, 11) is 0. The van der Waals surface area contributed by atoms with Crippen molar-refractivity contribution in [3.05, 3.63) is 53.6 Å². The normalized spacial score (nSPS) is 9.71. The Bertz CT molecular complexity index is 564. The molecule has 17 heavy (non-hydrogen) atoms. The van der Waals surface area contributed by atoms with E-state index in [0.29, 0.717) is 5.75 Å². The van der Waals surface area contributed by atoms with Crippen molar-refractivity contribution in [1.82, 2.24) is 0 Å². The molecular weight excluding hydrogens is 210 g/mol. The number of ether oxygens (including phenoxy) is 1. The minimum absolute atomic E-state index is 0.571. The van der Waals surface area contributed by atoms with E-state index >= 15 is 0 Å². The van der Waals surface area contributed by atoms with Crippen LogP contribution in [0.3, 0.4) is 0 Å². The Morgan fingerprint density at radius 1 is 1.00 bits per heavy atom. The molecule has 0 spiro atoms. The fourth-order valence-corrected chi connectivity index (χ4v) is 1.82. The predicted octanol–water partition coefficient (Wildman–Crippen LogP) is 3.83. The number of benzene rings is 2. The average Bonchev–Trinajstić information content (AvgIpc) is 2.34. The molecule has 0 unspecified atom stereocenters. The molecule has 0 fully saturated rings. The van der Waals surface area contributed by atoms with Crippen LogP contribution in [-0.4, -0.2) is 0 Å². The van der Waals surface area contributed by atoms with Gasteiger partial charge >= 0.3 is 0 Å². The zero-order valence-corrected chi connectivity index (χ0v) is 9.90. The number of rotatable bonds is 2. The van der Waals surface area contributed by atoms with Crippen molar-refractivity contribution in [3.8, 4) is 23.1 Å².